The lowest BCUT2D eigenvalue weighted by Crippen LogP contribution is -2.46. The topological polar surface area (TPSA) is 75.0 Å². The highest BCUT2D eigenvalue weighted by molar-refractivity contribution is 6.31. The number of hydrogen-bond acceptors (Lipinski definition) is 2. The summed E-state index contributed by atoms with van der Waals surface area (Å²) >= 11 is 11.9. The second-order valence-corrected chi connectivity index (χ2v) is 7.04. The molecule has 0 aliphatic rings. The Hall–Kier alpha value is -2.24. The lowest BCUT2D eigenvalue weighted by molar-refractivity contribution is 0.669. The first-order valence-electron chi connectivity index (χ1n) is 8.99. The fourth-order valence-electron chi connectivity index (χ4n) is 2.58. The number of anilines is 2. The van der Waals surface area contributed by atoms with Gasteiger partial charge in [-0.2, -0.15) is 0 Å². The molecule has 0 atom stereocenters. The van der Waals surface area contributed by atoms with Crippen LogP contribution < -0.4 is 15.5 Å². The quantitative estimate of drug-likeness (QED) is 0.261. The van der Waals surface area contributed by atoms with Gasteiger partial charge < -0.3 is 10.2 Å². The van der Waals surface area contributed by atoms with E-state index < -0.39 is 0 Å². The molecule has 0 saturated heterocycles. The van der Waals surface area contributed by atoms with Crippen LogP contribution in [-0.4, -0.2) is 18.5 Å². The number of guanidine groups is 2. The van der Waals surface area contributed by atoms with Crippen molar-refractivity contribution >= 4 is 46.5 Å². The zero-order valence-electron chi connectivity index (χ0n) is 15.4. The number of nitrogens with one attached hydrogen (secondary N) is 4. The smallest absolute Gasteiger partial charge is 0.202 e. The largest absolute Gasteiger partial charge is 0.326 e. The van der Waals surface area contributed by atoms with Gasteiger partial charge in [-0.05, 0) is 55.0 Å². The van der Waals surface area contributed by atoms with Crippen LogP contribution in [0.1, 0.15) is 32.6 Å². The molecular formula is C20H25Cl2N5. The summed E-state index contributed by atoms with van der Waals surface area (Å²) in [6, 6.07) is 14.4. The molecule has 2 aromatic carbocycles. The van der Waals surface area contributed by atoms with E-state index in [1.54, 1.807) is 36.4 Å². The Labute approximate surface area is 170 Å². The Bertz CT molecular complexity index is 744. The third kappa shape index (κ3) is 7.12. The molecule has 0 aromatic heterocycles. The van der Waals surface area contributed by atoms with Crippen LogP contribution in [-0.2, 0) is 0 Å². The van der Waals surface area contributed by atoms with Crippen molar-refractivity contribution in [2.24, 2.45) is 0 Å². The fourth-order valence-corrected chi connectivity index (χ4v) is 2.83. The summed E-state index contributed by atoms with van der Waals surface area (Å²) in [4.78, 5) is 1.85. The molecule has 0 spiro atoms. The molecule has 0 aliphatic carbocycles. The molecule has 2 aromatic rings. The van der Waals surface area contributed by atoms with Gasteiger partial charge in [0.1, 0.15) is 0 Å². The summed E-state index contributed by atoms with van der Waals surface area (Å²) in [6.07, 6.45) is 4.41. The third-order valence-corrected chi connectivity index (χ3v) is 4.50. The molecule has 0 fully saturated rings. The van der Waals surface area contributed by atoms with Crippen LogP contribution in [0, 0.1) is 10.8 Å². The minimum Gasteiger partial charge on any atom is -0.326 e. The second-order valence-electron chi connectivity index (χ2n) is 6.17. The SMILES string of the molecule is CCCCCCN(C(=N)NC(=N)Nc1ccc(Cl)cc1)c1ccc(Cl)cc1. The van der Waals surface area contributed by atoms with E-state index in [2.05, 4.69) is 17.6 Å². The normalized spacial score (nSPS) is 10.3. The predicted molar refractivity (Wildman–Crippen MR) is 117 cm³/mol. The molecule has 4 N–H and O–H groups in total. The summed E-state index contributed by atoms with van der Waals surface area (Å²) in [6.45, 7) is 2.87. The Morgan fingerprint density at radius 3 is 2.07 bits per heavy atom. The number of benzene rings is 2. The van der Waals surface area contributed by atoms with E-state index in [-0.39, 0.29) is 11.9 Å². The zero-order chi connectivity index (χ0) is 19.6. The first-order valence-corrected chi connectivity index (χ1v) is 9.75. The molecule has 2 rings (SSSR count). The third-order valence-electron chi connectivity index (χ3n) is 4.00. The summed E-state index contributed by atoms with van der Waals surface area (Å²) in [7, 11) is 0. The van der Waals surface area contributed by atoms with Gasteiger partial charge in [-0.25, -0.2) is 0 Å². The van der Waals surface area contributed by atoms with Crippen molar-refractivity contribution in [3.05, 3.63) is 58.6 Å². The van der Waals surface area contributed by atoms with Crippen molar-refractivity contribution in [2.75, 3.05) is 16.8 Å². The second kappa shape index (κ2) is 10.8. The van der Waals surface area contributed by atoms with Crippen molar-refractivity contribution in [1.29, 1.82) is 10.8 Å². The standard InChI is InChI=1S/C20H25Cl2N5/c1-2-3-4-5-14-27(18-12-8-16(22)9-13-18)20(24)26-19(23)25-17-10-6-15(21)7-11-17/h6-13H,2-5,14H2,1H3,(H4,23,24,25,26). The number of hydrogen-bond donors (Lipinski definition) is 4. The first kappa shape index (κ1) is 21.1. The highest BCUT2D eigenvalue weighted by Gasteiger charge is 2.13. The molecule has 0 aliphatic heterocycles. The molecule has 7 heteroatoms. The van der Waals surface area contributed by atoms with Crippen LogP contribution in [0.2, 0.25) is 10.0 Å². The van der Waals surface area contributed by atoms with E-state index in [0.717, 1.165) is 30.6 Å². The van der Waals surface area contributed by atoms with Crippen molar-refractivity contribution < 1.29 is 0 Å². The van der Waals surface area contributed by atoms with Crippen LogP contribution in [0.15, 0.2) is 48.5 Å². The van der Waals surface area contributed by atoms with Gasteiger partial charge in [-0.3, -0.25) is 16.1 Å². The van der Waals surface area contributed by atoms with Gasteiger partial charge in [0, 0.05) is 28.0 Å². The predicted octanol–water partition coefficient (Wildman–Crippen LogP) is 5.95. The van der Waals surface area contributed by atoms with Gasteiger partial charge in [0.25, 0.3) is 0 Å². The van der Waals surface area contributed by atoms with E-state index >= 15 is 0 Å². The Morgan fingerprint density at radius 1 is 0.889 bits per heavy atom. The van der Waals surface area contributed by atoms with Crippen molar-refractivity contribution in [3.8, 4) is 0 Å². The molecule has 0 unspecified atom stereocenters. The van der Waals surface area contributed by atoms with Crippen molar-refractivity contribution in [1.82, 2.24) is 5.32 Å². The summed E-state index contributed by atoms with van der Waals surface area (Å²) in [5, 5.41) is 23.5. The lowest BCUT2D eigenvalue weighted by atomic mass is 10.2. The van der Waals surface area contributed by atoms with Gasteiger partial charge in [0.2, 0.25) is 5.96 Å². The average molecular weight is 406 g/mol. The Kier molecular flexibility index (Phi) is 8.43. The number of unbranched alkanes of at least 4 members (excludes halogenated alkanes) is 3. The van der Waals surface area contributed by atoms with Gasteiger partial charge in [0.15, 0.2) is 5.96 Å². The number of halogens is 2. The van der Waals surface area contributed by atoms with E-state index in [9.17, 15) is 0 Å². The molecule has 27 heavy (non-hydrogen) atoms. The van der Waals surface area contributed by atoms with E-state index in [1.807, 2.05) is 17.0 Å². The van der Waals surface area contributed by atoms with E-state index in [0.29, 0.717) is 16.6 Å². The molecule has 0 amide bonds. The summed E-state index contributed by atoms with van der Waals surface area (Å²) < 4.78 is 0. The maximum atomic E-state index is 8.43. The molecule has 5 nitrogen and oxygen atoms in total. The minimum atomic E-state index is 0.0230. The highest BCUT2D eigenvalue weighted by Crippen LogP contribution is 2.19. The van der Waals surface area contributed by atoms with Crippen LogP contribution >= 0.6 is 23.2 Å². The van der Waals surface area contributed by atoms with E-state index in [1.165, 1.54) is 6.42 Å². The summed E-state index contributed by atoms with van der Waals surface area (Å²) in [5.41, 5.74) is 1.60. The van der Waals surface area contributed by atoms with Crippen molar-refractivity contribution in [2.45, 2.75) is 32.6 Å². The molecular weight excluding hydrogens is 381 g/mol. The molecule has 0 saturated carbocycles. The fraction of sp³-hybridized carbons (Fsp3) is 0.300. The average Bonchev–Trinajstić information content (AvgIpc) is 2.64. The monoisotopic (exact) mass is 405 g/mol. The van der Waals surface area contributed by atoms with Gasteiger partial charge >= 0.3 is 0 Å². The maximum absolute atomic E-state index is 8.43. The van der Waals surface area contributed by atoms with Gasteiger partial charge in [-0.1, -0.05) is 49.4 Å². The van der Waals surface area contributed by atoms with Crippen LogP contribution in [0.5, 0.6) is 0 Å². The molecule has 0 radical (unpaired) electrons. The Balaban J connectivity index is 2.01. The molecule has 144 valence electrons. The first-order chi connectivity index (χ1) is 13.0. The zero-order valence-corrected chi connectivity index (χ0v) is 16.9. The lowest BCUT2D eigenvalue weighted by Gasteiger charge is -2.26. The highest BCUT2D eigenvalue weighted by atomic mass is 35.5. The maximum Gasteiger partial charge on any atom is 0.202 e. The van der Waals surface area contributed by atoms with Gasteiger partial charge in [0.05, 0.1) is 0 Å². The molecule has 0 bridgehead atoms. The number of nitrogens with zero attached hydrogens (tertiary/aromatic N) is 1. The van der Waals surface area contributed by atoms with Crippen molar-refractivity contribution in [3.63, 3.8) is 0 Å². The Morgan fingerprint density at radius 2 is 1.48 bits per heavy atom. The minimum absolute atomic E-state index is 0.0230. The number of rotatable bonds is 7. The molecule has 0 heterocycles. The van der Waals surface area contributed by atoms with Crippen LogP contribution in [0.4, 0.5) is 11.4 Å². The van der Waals surface area contributed by atoms with Crippen LogP contribution in [0.25, 0.3) is 0 Å². The van der Waals surface area contributed by atoms with Gasteiger partial charge in [-0.15, -0.1) is 0 Å². The van der Waals surface area contributed by atoms with E-state index in [4.69, 9.17) is 34.0 Å². The van der Waals surface area contributed by atoms with Crippen LogP contribution in [0.3, 0.4) is 0 Å². The summed E-state index contributed by atoms with van der Waals surface area (Å²) in [5.74, 6) is 0.162.